The van der Waals surface area contributed by atoms with Crippen LogP contribution in [-0.4, -0.2) is 37.5 Å². The zero-order valence-corrected chi connectivity index (χ0v) is 13.3. The Balaban J connectivity index is 1.71. The molecule has 0 radical (unpaired) electrons. The van der Waals surface area contributed by atoms with E-state index in [2.05, 4.69) is 16.0 Å². The molecule has 7 heteroatoms. The van der Waals surface area contributed by atoms with E-state index in [9.17, 15) is 18.4 Å². The first-order valence-corrected chi connectivity index (χ1v) is 8.27. The van der Waals surface area contributed by atoms with Crippen LogP contribution in [0.1, 0.15) is 30.7 Å². The molecule has 1 aromatic carbocycles. The molecule has 0 aromatic heterocycles. The first-order chi connectivity index (χ1) is 11.5. The van der Waals surface area contributed by atoms with Crippen LogP contribution in [0.5, 0.6) is 0 Å². The van der Waals surface area contributed by atoms with Gasteiger partial charge in [0.1, 0.15) is 0 Å². The number of halogens is 2. The standard InChI is InChI=1S/C17H21F2N3O2/c18-13-2-1-10(7-14(13)19)12-4-5-20-9-15(12)22-17(24)11-3-6-21-16(23)8-11/h1-2,7,11-12,15,20H,3-6,8-9H2,(H,21,23)(H,22,24). The van der Waals surface area contributed by atoms with Crippen LogP contribution in [-0.2, 0) is 9.59 Å². The number of carbonyl (C=O) groups is 2. The average Bonchev–Trinajstić information content (AvgIpc) is 2.58. The number of amides is 2. The quantitative estimate of drug-likeness (QED) is 0.772. The SMILES string of the molecule is O=C1CC(C(=O)NC2CNCCC2c2ccc(F)c(F)c2)CCN1. The van der Waals surface area contributed by atoms with Crippen molar-refractivity contribution in [2.45, 2.75) is 31.2 Å². The van der Waals surface area contributed by atoms with E-state index in [0.29, 0.717) is 25.1 Å². The summed E-state index contributed by atoms with van der Waals surface area (Å²) in [5.74, 6) is -2.41. The van der Waals surface area contributed by atoms with Crippen molar-refractivity contribution >= 4 is 11.8 Å². The monoisotopic (exact) mass is 337 g/mol. The molecule has 5 nitrogen and oxygen atoms in total. The lowest BCUT2D eigenvalue weighted by Gasteiger charge is -2.34. The molecule has 1 aromatic rings. The molecule has 3 atom stereocenters. The number of piperidine rings is 2. The Bertz CT molecular complexity index is 638. The third kappa shape index (κ3) is 3.72. The highest BCUT2D eigenvalue weighted by atomic mass is 19.2. The highest BCUT2D eigenvalue weighted by Gasteiger charge is 2.32. The summed E-state index contributed by atoms with van der Waals surface area (Å²) in [5, 5.41) is 8.92. The molecule has 2 fully saturated rings. The Kier molecular flexibility index (Phi) is 5.08. The van der Waals surface area contributed by atoms with Gasteiger partial charge in [-0.2, -0.15) is 0 Å². The van der Waals surface area contributed by atoms with Gasteiger partial charge >= 0.3 is 0 Å². The molecule has 2 saturated heterocycles. The van der Waals surface area contributed by atoms with Crippen LogP contribution >= 0.6 is 0 Å². The van der Waals surface area contributed by atoms with E-state index in [1.807, 2.05) is 0 Å². The van der Waals surface area contributed by atoms with E-state index in [-0.39, 0.29) is 36.1 Å². The molecule has 3 N–H and O–H groups in total. The van der Waals surface area contributed by atoms with Gasteiger partial charge in [-0.05, 0) is 37.1 Å². The Morgan fingerprint density at radius 2 is 2.00 bits per heavy atom. The predicted octanol–water partition coefficient (Wildman–Crippen LogP) is 1.05. The summed E-state index contributed by atoms with van der Waals surface area (Å²) in [6, 6.07) is 3.69. The Labute approximate surface area is 139 Å². The third-order valence-electron chi connectivity index (χ3n) is 4.80. The van der Waals surface area contributed by atoms with Crippen molar-refractivity contribution in [2.24, 2.45) is 5.92 Å². The molecule has 2 aliphatic rings. The molecule has 0 spiro atoms. The molecule has 3 unspecified atom stereocenters. The first kappa shape index (κ1) is 16.8. The second-order valence-corrected chi connectivity index (χ2v) is 6.43. The van der Waals surface area contributed by atoms with Crippen LogP contribution in [0.3, 0.4) is 0 Å². The summed E-state index contributed by atoms with van der Waals surface area (Å²) in [5.41, 5.74) is 0.682. The van der Waals surface area contributed by atoms with E-state index < -0.39 is 11.6 Å². The molecule has 2 aliphatic heterocycles. The average molecular weight is 337 g/mol. The van der Waals surface area contributed by atoms with E-state index >= 15 is 0 Å². The highest BCUT2D eigenvalue weighted by Crippen LogP contribution is 2.27. The summed E-state index contributed by atoms with van der Waals surface area (Å²) in [4.78, 5) is 23.9. The van der Waals surface area contributed by atoms with Gasteiger partial charge in [-0.25, -0.2) is 8.78 Å². The summed E-state index contributed by atoms with van der Waals surface area (Å²) < 4.78 is 26.7. The fourth-order valence-electron chi connectivity index (χ4n) is 3.46. The van der Waals surface area contributed by atoms with Crippen LogP contribution in [0.4, 0.5) is 8.78 Å². The smallest absolute Gasteiger partial charge is 0.223 e. The zero-order valence-electron chi connectivity index (χ0n) is 13.3. The van der Waals surface area contributed by atoms with E-state index in [1.165, 1.54) is 6.07 Å². The maximum absolute atomic E-state index is 13.5. The molecule has 2 heterocycles. The lowest BCUT2D eigenvalue weighted by Crippen LogP contribution is -2.52. The van der Waals surface area contributed by atoms with Gasteiger partial charge < -0.3 is 16.0 Å². The summed E-state index contributed by atoms with van der Waals surface area (Å²) in [7, 11) is 0. The Hall–Kier alpha value is -2.02. The van der Waals surface area contributed by atoms with Crippen molar-refractivity contribution in [3.05, 3.63) is 35.4 Å². The van der Waals surface area contributed by atoms with Crippen molar-refractivity contribution in [2.75, 3.05) is 19.6 Å². The first-order valence-electron chi connectivity index (χ1n) is 8.27. The van der Waals surface area contributed by atoms with Gasteiger partial charge in [0.05, 0.1) is 0 Å². The van der Waals surface area contributed by atoms with Gasteiger partial charge in [-0.1, -0.05) is 6.07 Å². The molecule has 2 amide bonds. The molecule has 3 rings (SSSR count). The summed E-state index contributed by atoms with van der Waals surface area (Å²) >= 11 is 0. The highest BCUT2D eigenvalue weighted by molar-refractivity contribution is 5.87. The largest absolute Gasteiger partial charge is 0.356 e. The topological polar surface area (TPSA) is 70.2 Å². The van der Waals surface area contributed by atoms with Crippen molar-refractivity contribution < 1.29 is 18.4 Å². The van der Waals surface area contributed by atoms with E-state index in [4.69, 9.17) is 0 Å². The van der Waals surface area contributed by atoms with Crippen LogP contribution < -0.4 is 16.0 Å². The van der Waals surface area contributed by atoms with Crippen LogP contribution in [0.2, 0.25) is 0 Å². The zero-order chi connectivity index (χ0) is 17.1. The van der Waals surface area contributed by atoms with Gasteiger partial charge in [0.2, 0.25) is 11.8 Å². The predicted molar refractivity (Wildman–Crippen MR) is 84.3 cm³/mol. The lowest BCUT2D eigenvalue weighted by molar-refractivity contribution is -0.133. The molecular formula is C17H21F2N3O2. The number of hydrogen-bond donors (Lipinski definition) is 3. The minimum atomic E-state index is -0.875. The van der Waals surface area contributed by atoms with Gasteiger partial charge in [0, 0.05) is 37.4 Å². The minimum Gasteiger partial charge on any atom is -0.356 e. The fourth-order valence-corrected chi connectivity index (χ4v) is 3.46. The summed E-state index contributed by atoms with van der Waals surface area (Å²) in [6.45, 7) is 1.82. The van der Waals surface area contributed by atoms with Crippen molar-refractivity contribution in [1.82, 2.24) is 16.0 Å². The molecule has 24 heavy (non-hydrogen) atoms. The molecular weight excluding hydrogens is 316 g/mol. The third-order valence-corrected chi connectivity index (χ3v) is 4.80. The van der Waals surface area contributed by atoms with Gasteiger partial charge in [-0.15, -0.1) is 0 Å². The van der Waals surface area contributed by atoms with E-state index in [0.717, 1.165) is 19.0 Å². The van der Waals surface area contributed by atoms with Crippen molar-refractivity contribution in [3.63, 3.8) is 0 Å². The van der Waals surface area contributed by atoms with Gasteiger partial charge in [-0.3, -0.25) is 9.59 Å². The molecule has 130 valence electrons. The van der Waals surface area contributed by atoms with Crippen LogP contribution in [0, 0.1) is 17.6 Å². The molecule has 0 bridgehead atoms. The number of carbonyl (C=O) groups excluding carboxylic acids is 2. The molecule has 0 saturated carbocycles. The second-order valence-electron chi connectivity index (χ2n) is 6.43. The maximum Gasteiger partial charge on any atom is 0.223 e. The van der Waals surface area contributed by atoms with Crippen LogP contribution in [0.25, 0.3) is 0 Å². The van der Waals surface area contributed by atoms with Crippen molar-refractivity contribution in [1.29, 1.82) is 0 Å². The number of nitrogens with one attached hydrogen (secondary N) is 3. The molecule has 0 aliphatic carbocycles. The Morgan fingerprint density at radius 3 is 2.75 bits per heavy atom. The fraction of sp³-hybridized carbons (Fsp3) is 0.529. The van der Waals surface area contributed by atoms with Gasteiger partial charge in [0.25, 0.3) is 0 Å². The summed E-state index contributed by atoms with van der Waals surface area (Å²) in [6.07, 6.45) is 1.54. The minimum absolute atomic E-state index is 0.0808. The lowest BCUT2D eigenvalue weighted by atomic mass is 9.85. The second kappa shape index (κ2) is 7.25. The number of hydrogen-bond acceptors (Lipinski definition) is 3. The number of benzene rings is 1. The van der Waals surface area contributed by atoms with E-state index in [1.54, 1.807) is 6.07 Å². The number of rotatable bonds is 3. The van der Waals surface area contributed by atoms with Crippen LogP contribution in [0.15, 0.2) is 18.2 Å². The normalized spacial score (nSPS) is 27.4. The van der Waals surface area contributed by atoms with Crippen molar-refractivity contribution in [3.8, 4) is 0 Å². The Morgan fingerprint density at radius 1 is 1.17 bits per heavy atom. The van der Waals surface area contributed by atoms with Gasteiger partial charge in [0.15, 0.2) is 11.6 Å². The maximum atomic E-state index is 13.5.